The zero-order valence-corrected chi connectivity index (χ0v) is 27.6. The SMILES string of the molecule is c1ccc(-c2nc(-c3cccc(-c4cccc5c4oc4ccccc45)c3)nc(-c3cccc(-c4cccc5c4sc4ccccc45)c3)n2)cc1. The first-order chi connectivity index (χ1) is 24.8. The fourth-order valence-corrected chi connectivity index (χ4v) is 8.19. The molecule has 3 heterocycles. The lowest BCUT2D eigenvalue weighted by Crippen LogP contribution is -2.00. The van der Waals surface area contributed by atoms with Gasteiger partial charge in [-0.2, -0.15) is 0 Å². The molecule has 10 rings (SSSR count). The van der Waals surface area contributed by atoms with Crippen LogP contribution in [0.2, 0.25) is 0 Å². The predicted octanol–water partition coefficient (Wildman–Crippen LogP) is 12.5. The van der Waals surface area contributed by atoms with E-state index in [1.54, 1.807) is 0 Å². The van der Waals surface area contributed by atoms with Gasteiger partial charge in [0.2, 0.25) is 0 Å². The molecule has 50 heavy (non-hydrogen) atoms. The monoisotopic (exact) mass is 657 g/mol. The summed E-state index contributed by atoms with van der Waals surface area (Å²) >= 11 is 1.84. The van der Waals surface area contributed by atoms with Crippen LogP contribution in [-0.4, -0.2) is 15.0 Å². The summed E-state index contributed by atoms with van der Waals surface area (Å²) in [5, 5.41) is 4.78. The highest BCUT2D eigenvalue weighted by Crippen LogP contribution is 2.41. The van der Waals surface area contributed by atoms with Crippen LogP contribution in [0.1, 0.15) is 0 Å². The van der Waals surface area contributed by atoms with Gasteiger partial charge in [-0.05, 0) is 41.0 Å². The van der Waals surface area contributed by atoms with Gasteiger partial charge in [0.1, 0.15) is 11.2 Å². The fourth-order valence-electron chi connectivity index (χ4n) is 6.95. The summed E-state index contributed by atoms with van der Waals surface area (Å²) in [6.45, 7) is 0. The molecule has 3 aromatic heterocycles. The molecule has 0 unspecified atom stereocenters. The van der Waals surface area contributed by atoms with Gasteiger partial charge in [0.15, 0.2) is 17.5 Å². The first kappa shape index (κ1) is 28.6. The molecular weight excluding hydrogens is 631 g/mol. The van der Waals surface area contributed by atoms with E-state index in [4.69, 9.17) is 19.4 Å². The molecule has 0 radical (unpaired) electrons. The minimum Gasteiger partial charge on any atom is -0.455 e. The normalized spacial score (nSPS) is 11.6. The Labute approximate surface area is 292 Å². The van der Waals surface area contributed by atoms with E-state index in [0.29, 0.717) is 17.5 Å². The second kappa shape index (κ2) is 11.6. The molecule has 0 atom stereocenters. The Bertz CT molecular complexity index is 2710. The number of para-hydroxylation sites is 2. The summed E-state index contributed by atoms with van der Waals surface area (Å²) in [6.07, 6.45) is 0. The van der Waals surface area contributed by atoms with Crippen LogP contribution < -0.4 is 0 Å². The van der Waals surface area contributed by atoms with Gasteiger partial charge in [0.25, 0.3) is 0 Å². The Morgan fingerprint density at radius 3 is 1.66 bits per heavy atom. The van der Waals surface area contributed by atoms with Crippen molar-refractivity contribution in [3.8, 4) is 56.4 Å². The lowest BCUT2D eigenvalue weighted by Gasteiger charge is -2.11. The number of benzene rings is 7. The second-order valence-electron chi connectivity index (χ2n) is 12.4. The molecule has 0 fully saturated rings. The maximum Gasteiger partial charge on any atom is 0.164 e. The number of hydrogen-bond acceptors (Lipinski definition) is 5. The summed E-state index contributed by atoms with van der Waals surface area (Å²) in [5.74, 6) is 1.88. The van der Waals surface area contributed by atoms with Crippen molar-refractivity contribution in [3.05, 3.63) is 164 Å². The summed E-state index contributed by atoms with van der Waals surface area (Å²) in [7, 11) is 0. The molecule has 0 amide bonds. The van der Waals surface area contributed by atoms with Crippen molar-refractivity contribution in [2.75, 3.05) is 0 Å². The maximum atomic E-state index is 6.39. The van der Waals surface area contributed by atoms with Crippen LogP contribution >= 0.6 is 11.3 Å². The van der Waals surface area contributed by atoms with Gasteiger partial charge in [0.05, 0.1) is 0 Å². The molecule has 0 saturated carbocycles. The Kier molecular flexibility index (Phi) is 6.64. The van der Waals surface area contributed by atoms with Crippen LogP contribution in [0.15, 0.2) is 168 Å². The minimum atomic E-state index is 0.615. The van der Waals surface area contributed by atoms with Crippen molar-refractivity contribution in [2.45, 2.75) is 0 Å². The van der Waals surface area contributed by atoms with Crippen molar-refractivity contribution < 1.29 is 4.42 Å². The van der Waals surface area contributed by atoms with Crippen LogP contribution in [-0.2, 0) is 0 Å². The molecule has 4 nitrogen and oxygen atoms in total. The first-order valence-electron chi connectivity index (χ1n) is 16.6. The van der Waals surface area contributed by atoms with Crippen LogP contribution in [0.4, 0.5) is 0 Å². The quantitative estimate of drug-likeness (QED) is 0.185. The zero-order valence-electron chi connectivity index (χ0n) is 26.7. The number of nitrogens with zero attached hydrogens (tertiary/aromatic N) is 3. The van der Waals surface area contributed by atoms with Crippen molar-refractivity contribution >= 4 is 53.4 Å². The molecule has 0 bridgehead atoms. The lowest BCUT2D eigenvalue weighted by molar-refractivity contribution is 0.670. The maximum absolute atomic E-state index is 6.39. The highest BCUT2D eigenvalue weighted by Gasteiger charge is 2.17. The number of furan rings is 1. The average molecular weight is 658 g/mol. The summed E-state index contributed by atoms with van der Waals surface area (Å²) in [6, 6.07) is 56.8. The van der Waals surface area contributed by atoms with E-state index >= 15 is 0 Å². The highest BCUT2D eigenvalue weighted by molar-refractivity contribution is 7.26. The van der Waals surface area contributed by atoms with E-state index in [1.165, 1.54) is 25.7 Å². The van der Waals surface area contributed by atoms with Gasteiger partial charge < -0.3 is 4.42 Å². The van der Waals surface area contributed by atoms with Gasteiger partial charge in [-0.1, -0.05) is 140 Å². The van der Waals surface area contributed by atoms with Gasteiger partial charge in [-0.25, -0.2) is 15.0 Å². The zero-order chi connectivity index (χ0) is 33.0. The van der Waals surface area contributed by atoms with Crippen LogP contribution in [0.25, 0.3) is 98.5 Å². The third kappa shape index (κ3) is 4.79. The number of aromatic nitrogens is 3. The Morgan fingerprint density at radius 2 is 0.900 bits per heavy atom. The molecule has 0 aliphatic heterocycles. The van der Waals surface area contributed by atoms with E-state index in [-0.39, 0.29) is 0 Å². The van der Waals surface area contributed by atoms with Gasteiger partial charge in [-0.3, -0.25) is 0 Å². The second-order valence-corrected chi connectivity index (χ2v) is 13.4. The van der Waals surface area contributed by atoms with Crippen LogP contribution in [0.3, 0.4) is 0 Å². The number of rotatable bonds is 5. The molecule has 5 heteroatoms. The molecule has 0 spiro atoms. The molecule has 10 aromatic rings. The fraction of sp³-hybridized carbons (Fsp3) is 0. The van der Waals surface area contributed by atoms with Gasteiger partial charge >= 0.3 is 0 Å². The highest BCUT2D eigenvalue weighted by atomic mass is 32.1. The molecule has 0 saturated heterocycles. The van der Waals surface area contributed by atoms with E-state index in [2.05, 4.69) is 115 Å². The minimum absolute atomic E-state index is 0.615. The third-order valence-corrected chi connectivity index (χ3v) is 10.6. The largest absolute Gasteiger partial charge is 0.455 e. The summed E-state index contributed by atoms with van der Waals surface area (Å²) in [5.41, 5.74) is 8.93. The molecule has 0 N–H and O–H groups in total. The Balaban J connectivity index is 1.12. The van der Waals surface area contributed by atoms with Crippen molar-refractivity contribution in [3.63, 3.8) is 0 Å². The van der Waals surface area contributed by atoms with Crippen molar-refractivity contribution in [1.29, 1.82) is 0 Å². The molecular formula is C45H27N3OS. The van der Waals surface area contributed by atoms with E-state index < -0.39 is 0 Å². The first-order valence-corrected chi connectivity index (χ1v) is 17.4. The van der Waals surface area contributed by atoms with Crippen LogP contribution in [0.5, 0.6) is 0 Å². The molecule has 0 aliphatic carbocycles. The Morgan fingerprint density at radius 1 is 0.380 bits per heavy atom. The molecule has 7 aromatic carbocycles. The third-order valence-electron chi connectivity index (χ3n) is 9.34. The van der Waals surface area contributed by atoms with E-state index in [0.717, 1.165) is 55.3 Å². The standard InChI is InChI=1S/C45H27N3OS/c1-2-12-28(13-3-1)43-46-44(31-16-8-14-29(26-31)33-20-10-22-37-35-18-4-6-24-39(35)49-41(33)37)48-45(47-43)32-17-9-15-30(27-32)34-21-11-23-38-36-19-5-7-25-40(36)50-42(34)38/h1-27H. The van der Waals surface area contributed by atoms with Crippen LogP contribution in [0, 0.1) is 0 Å². The number of thiophene rings is 1. The predicted molar refractivity (Wildman–Crippen MR) is 207 cm³/mol. The topological polar surface area (TPSA) is 51.8 Å². The Hall–Kier alpha value is -6.43. The van der Waals surface area contributed by atoms with E-state index in [1.807, 2.05) is 59.9 Å². The lowest BCUT2D eigenvalue weighted by atomic mass is 10.00. The molecule has 234 valence electrons. The smallest absolute Gasteiger partial charge is 0.164 e. The summed E-state index contributed by atoms with van der Waals surface area (Å²) in [4.78, 5) is 15.2. The van der Waals surface area contributed by atoms with Crippen molar-refractivity contribution in [2.24, 2.45) is 0 Å². The average Bonchev–Trinajstić information content (AvgIpc) is 3.77. The number of fused-ring (bicyclic) bond motifs is 6. The van der Waals surface area contributed by atoms with Crippen molar-refractivity contribution in [1.82, 2.24) is 15.0 Å². The van der Waals surface area contributed by atoms with Gasteiger partial charge in [0, 0.05) is 53.2 Å². The molecule has 0 aliphatic rings. The van der Waals surface area contributed by atoms with Gasteiger partial charge in [-0.15, -0.1) is 11.3 Å². The summed E-state index contributed by atoms with van der Waals surface area (Å²) < 4.78 is 8.96. The number of hydrogen-bond donors (Lipinski definition) is 0. The van der Waals surface area contributed by atoms with E-state index in [9.17, 15) is 0 Å².